The summed E-state index contributed by atoms with van der Waals surface area (Å²) in [6.45, 7) is 0. The molecule has 2 aliphatic rings. The van der Waals surface area contributed by atoms with Crippen LogP contribution in [0.2, 0.25) is 5.02 Å². The molecule has 0 bridgehead atoms. The first-order chi connectivity index (χ1) is 11.1. The topological polar surface area (TPSA) is 60.4 Å². The Morgan fingerprint density at radius 1 is 1.13 bits per heavy atom. The molecule has 2 atom stereocenters. The molecular formula is C17H19ClNO3S-. The van der Waals surface area contributed by atoms with E-state index in [9.17, 15) is 14.7 Å². The minimum atomic E-state index is -1.17. The van der Waals surface area contributed by atoms with Gasteiger partial charge in [0.25, 0.3) is 5.91 Å². The van der Waals surface area contributed by atoms with Crippen LogP contribution < -0.4 is 5.11 Å². The van der Waals surface area contributed by atoms with Crippen molar-refractivity contribution < 1.29 is 14.7 Å². The van der Waals surface area contributed by atoms with Crippen molar-refractivity contribution in [1.29, 1.82) is 0 Å². The number of carboxylic acids is 1. The highest BCUT2D eigenvalue weighted by molar-refractivity contribution is 8.00. The standard InChI is InChI=1S/C17H20ClNO3S/c18-13-8-6-11(7-9-13)15(20)19-14(17(21)22)10-23-16(19)12-4-2-1-3-5-12/h6-9,12,14,16H,1-5,10H2,(H,21,22)/p-1/t14-,16-/m1/s1. The smallest absolute Gasteiger partial charge is 0.255 e. The highest BCUT2D eigenvalue weighted by atomic mass is 35.5. The van der Waals surface area contributed by atoms with Crippen LogP contribution in [0.3, 0.4) is 0 Å². The van der Waals surface area contributed by atoms with Crippen LogP contribution in [-0.2, 0) is 4.79 Å². The lowest BCUT2D eigenvalue weighted by molar-refractivity contribution is -0.310. The Kier molecular flexibility index (Phi) is 5.17. The van der Waals surface area contributed by atoms with E-state index in [2.05, 4.69) is 0 Å². The van der Waals surface area contributed by atoms with Crippen molar-refractivity contribution in [3.63, 3.8) is 0 Å². The van der Waals surface area contributed by atoms with Gasteiger partial charge in [-0.25, -0.2) is 0 Å². The van der Waals surface area contributed by atoms with E-state index in [1.54, 1.807) is 40.9 Å². The first-order valence-corrected chi connectivity index (χ1v) is 9.41. The number of hydrogen-bond acceptors (Lipinski definition) is 4. The monoisotopic (exact) mass is 352 g/mol. The van der Waals surface area contributed by atoms with Crippen LogP contribution in [0.25, 0.3) is 0 Å². The fourth-order valence-electron chi connectivity index (χ4n) is 3.49. The Morgan fingerprint density at radius 2 is 1.78 bits per heavy atom. The first kappa shape index (κ1) is 16.7. The fourth-order valence-corrected chi connectivity index (χ4v) is 5.24. The Balaban J connectivity index is 1.87. The van der Waals surface area contributed by atoms with Crippen molar-refractivity contribution >= 4 is 35.2 Å². The number of amides is 1. The SMILES string of the molecule is O=C([O-])[C@H]1CS[C@H](C2CCCCC2)N1C(=O)c1ccc(Cl)cc1. The number of hydrogen-bond donors (Lipinski definition) is 0. The Bertz CT molecular complexity index is 586. The summed E-state index contributed by atoms with van der Waals surface area (Å²) in [6, 6.07) is 5.76. The minimum absolute atomic E-state index is 0.0682. The number of benzene rings is 1. The van der Waals surface area contributed by atoms with Gasteiger partial charge in [0.15, 0.2) is 0 Å². The summed E-state index contributed by atoms with van der Waals surface area (Å²) in [6.07, 6.45) is 5.65. The third kappa shape index (κ3) is 3.50. The van der Waals surface area contributed by atoms with Crippen LogP contribution in [0.15, 0.2) is 24.3 Å². The molecule has 124 valence electrons. The Labute approximate surface area is 145 Å². The van der Waals surface area contributed by atoms with Crippen molar-refractivity contribution in [3.8, 4) is 0 Å². The molecule has 0 N–H and O–H groups in total. The molecule has 0 radical (unpaired) electrons. The summed E-state index contributed by atoms with van der Waals surface area (Å²) in [5.74, 6) is -0.632. The third-order valence-electron chi connectivity index (χ3n) is 4.69. The maximum absolute atomic E-state index is 12.9. The molecule has 4 nitrogen and oxygen atoms in total. The molecule has 1 heterocycles. The van der Waals surface area contributed by atoms with Crippen LogP contribution in [-0.4, -0.2) is 33.9 Å². The number of aliphatic carboxylic acids is 1. The molecule has 6 heteroatoms. The summed E-state index contributed by atoms with van der Waals surface area (Å²) in [7, 11) is 0. The Hall–Kier alpha value is -1.20. The minimum Gasteiger partial charge on any atom is -0.548 e. The average molecular weight is 353 g/mol. The molecule has 0 aromatic heterocycles. The third-order valence-corrected chi connectivity index (χ3v) is 6.40. The van der Waals surface area contributed by atoms with Crippen molar-refractivity contribution in [1.82, 2.24) is 4.90 Å². The van der Waals surface area contributed by atoms with E-state index in [1.807, 2.05) is 0 Å². The van der Waals surface area contributed by atoms with E-state index >= 15 is 0 Å². The molecule has 1 aromatic carbocycles. The van der Waals surface area contributed by atoms with E-state index in [1.165, 1.54) is 6.42 Å². The number of nitrogens with zero attached hydrogens (tertiary/aromatic N) is 1. The number of halogens is 1. The maximum atomic E-state index is 12.9. The molecule has 0 spiro atoms. The number of rotatable bonds is 3. The lowest BCUT2D eigenvalue weighted by atomic mass is 9.88. The summed E-state index contributed by atoms with van der Waals surface area (Å²) in [5, 5.41) is 12.0. The maximum Gasteiger partial charge on any atom is 0.255 e. The number of carbonyl (C=O) groups is 2. The summed E-state index contributed by atoms with van der Waals surface area (Å²) < 4.78 is 0. The molecular weight excluding hydrogens is 334 g/mol. The predicted molar refractivity (Wildman–Crippen MR) is 89.2 cm³/mol. The quantitative estimate of drug-likeness (QED) is 0.838. The van der Waals surface area contributed by atoms with Gasteiger partial charge in [0.2, 0.25) is 0 Å². The molecule has 1 saturated carbocycles. The van der Waals surface area contributed by atoms with Crippen molar-refractivity contribution in [3.05, 3.63) is 34.9 Å². The van der Waals surface area contributed by atoms with E-state index < -0.39 is 12.0 Å². The normalized spacial score (nSPS) is 25.5. The molecule has 3 rings (SSSR count). The van der Waals surface area contributed by atoms with E-state index in [0.717, 1.165) is 25.7 Å². The first-order valence-electron chi connectivity index (χ1n) is 7.98. The average Bonchev–Trinajstić information content (AvgIpc) is 3.01. The molecule has 1 saturated heterocycles. The number of carbonyl (C=O) groups excluding carboxylic acids is 2. The molecule has 1 aliphatic heterocycles. The lowest BCUT2D eigenvalue weighted by Crippen LogP contribution is -2.52. The van der Waals surface area contributed by atoms with Crippen LogP contribution in [0.1, 0.15) is 42.5 Å². The Morgan fingerprint density at radius 3 is 2.39 bits per heavy atom. The second kappa shape index (κ2) is 7.14. The van der Waals surface area contributed by atoms with Gasteiger partial charge in [-0.3, -0.25) is 4.79 Å². The van der Waals surface area contributed by atoms with Crippen molar-refractivity contribution in [2.45, 2.75) is 43.5 Å². The lowest BCUT2D eigenvalue weighted by Gasteiger charge is -2.36. The van der Waals surface area contributed by atoms with Gasteiger partial charge in [-0.05, 0) is 43.0 Å². The van der Waals surface area contributed by atoms with E-state index in [-0.39, 0.29) is 11.3 Å². The molecule has 23 heavy (non-hydrogen) atoms. The van der Waals surface area contributed by atoms with Gasteiger partial charge >= 0.3 is 0 Å². The van der Waals surface area contributed by atoms with Crippen LogP contribution >= 0.6 is 23.4 Å². The second-order valence-corrected chi connectivity index (χ2v) is 7.76. The molecule has 1 aromatic rings. The largest absolute Gasteiger partial charge is 0.548 e. The zero-order valence-corrected chi connectivity index (χ0v) is 14.3. The van der Waals surface area contributed by atoms with Gasteiger partial charge in [0.1, 0.15) is 0 Å². The van der Waals surface area contributed by atoms with Crippen LogP contribution in [0.5, 0.6) is 0 Å². The zero-order valence-electron chi connectivity index (χ0n) is 12.7. The summed E-state index contributed by atoms with van der Waals surface area (Å²) >= 11 is 7.45. The second-order valence-electron chi connectivity index (χ2n) is 6.18. The van der Waals surface area contributed by atoms with Gasteiger partial charge in [-0.2, -0.15) is 0 Å². The molecule has 0 unspecified atom stereocenters. The predicted octanol–water partition coefficient (Wildman–Crippen LogP) is 2.55. The van der Waals surface area contributed by atoms with Crippen LogP contribution in [0, 0.1) is 5.92 Å². The highest BCUT2D eigenvalue weighted by Gasteiger charge is 2.42. The van der Waals surface area contributed by atoms with Gasteiger partial charge in [0.05, 0.1) is 17.4 Å². The molecule has 1 aliphatic carbocycles. The fraction of sp³-hybridized carbons (Fsp3) is 0.529. The van der Waals surface area contributed by atoms with E-state index in [0.29, 0.717) is 22.3 Å². The van der Waals surface area contributed by atoms with Crippen molar-refractivity contribution in [2.24, 2.45) is 5.92 Å². The highest BCUT2D eigenvalue weighted by Crippen LogP contribution is 2.41. The van der Waals surface area contributed by atoms with E-state index in [4.69, 9.17) is 11.6 Å². The van der Waals surface area contributed by atoms with Crippen molar-refractivity contribution in [2.75, 3.05) is 5.75 Å². The summed E-state index contributed by atoms with van der Waals surface area (Å²) in [4.78, 5) is 25.9. The molecule has 2 fully saturated rings. The zero-order chi connectivity index (χ0) is 16.4. The summed E-state index contributed by atoms with van der Waals surface area (Å²) in [5.41, 5.74) is 0.476. The number of thioether (sulfide) groups is 1. The van der Waals surface area contributed by atoms with Gasteiger partial charge in [-0.1, -0.05) is 30.9 Å². The number of carboxylic acid groups (broad SMARTS) is 1. The van der Waals surface area contributed by atoms with Crippen LogP contribution in [0.4, 0.5) is 0 Å². The van der Waals surface area contributed by atoms with Gasteiger partial charge in [-0.15, -0.1) is 11.8 Å². The molecule has 1 amide bonds. The van der Waals surface area contributed by atoms with Gasteiger partial charge < -0.3 is 14.8 Å². The van der Waals surface area contributed by atoms with Gasteiger partial charge in [0, 0.05) is 16.3 Å².